The minimum Gasteiger partial charge on any atom is -0.296 e. The summed E-state index contributed by atoms with van der Waals surface area (Å²) < 4.78 is 72.0. The van der Waals surface area contributed by atoms with Crippen molar-refractivity contribution in [3.8, 4) is 11.4 Å². The van der Waals surface area contributed by atoms with E-state index in [0.717, 1.165) is 14.4 Å². The number of sulfonamides is 1. The van der Waals surface area contributed by atoms with Gasteiger partial charge >= 0.3 is 11.9 Å². The van der Waals surface area contributed by atoms with E-state index in [1.165, 1.54) is 35.6 Å². The second-order valence-electron chi connectivity index (χ2n) is 7.33. The fourth-order valence-electron chi connectivity index (χ4n) is 3.34. The normalized spacial score (nSPS) is 12.4. The standard InChI is InChI=1S/C21H17BrF3N3O4S2/c22-17-15-5-1-2-6-16(15)33-19(17)28(12-4-3-11-21(23,24)25)34(30,31)14-9-7-13(8-10-14)18-26-20(29)32-27-18/h1-2,5-10H,3-4,11-12H2,(H,26,27,29). The van der Waals surface area contributed by atoms with Gasteiger partial charge < -0.3 is 0 Å². The minimum absolute atomic E-state index is 0.0255. The first-order valence-corrected chi connectivity index (χ1v) is 13.0. The lowest BCUT2D eigenvalue weighted by Crippen LogP contribution is -2.31. The number of anilines is 1. The SMILES string of the molecule is O=c1[nH]c(-c2ccc(S(=O)(=O)N(CCCCC(F)(F)F)c3sc4ccccc4c3Br)cc2)no1. The number of unbranched alkanes of at least 4 members (excludes halogenated alkanes) is 1. The molecule has 0 bridgehead atoms. The minimum atomic E-state index is -4.31. The quantitative estimate of drug-likeness (QED) is 0.262. The summed E-state index contributed by atoms with van der Waals surface area (Å²) in [7, 11) is -4.12. The van der Waals surface area contributed by atoms with Gasteiger partial charge in [0.15, 0.2) is 5.82 Å². The van der Waals surface area contributed by atoms with E-state index in [9.17, 15) is 26.4 Å². The molecule has 0 unspecified atom stereocenters. The van der Waals surface area contributed by atoms with Gasteiger partial charge in [0, 0.05) is 28.6 Å². The number of benzene rings is 2. The Morgan fingerprint density at radius 2 is 1.79 bits per heavy atom. The number of nitrogens with one attached hydrogen (secondary N) is 1. The number of aromatic amines is 1. The summed E-state index contributed by atoms with van der Waals surface area (Å²) in [4.78, 5) is 13.5. The maximum atomic E-state index is 13.6. The number of nitrogens with zero attached hydrogens (tertiary/aromatic N) is 2. The predicted octanol–water partition coefficient (Wildman–Crippen LogP) is 5.94. The second kappa shape index (κ2) is 9.55. The molecule has 0 saturated carbocycles. The van der Waals surface area contributed by atoms with E-state index in [0.29, 0.717) is 15.0 Å². The van der Waals surface area contributed by atoms with Crippen LogP contribution in [0.2, 0.25) is 0 Å². The lowest BCUT2D eigenvalue weighted by Gasteiger charge is -2.24. The fraction of sp³-hybridized carbons (Fsp3) is 0.238. The van der Waals surface area contributed by atoms with Crippen molar-refractivity contribution >= 4 is 52.4 Å². The number of hydrogen-bond acceptors (Lipinski definition) is 6. The number of alkyl halides is 3. The van der Waals surface area contributed by atoms with E-state index >= 15 is 0 Å². The number of aromatic nitrogens is 2. The van der Waals surface area contributed by atoms with Gasteiger partial charge in [-0.25, -0.2) is 13.2 Å². The first-order valence-electron chi connectivity index (χ1n) is 9.99. The van der Waals surface area contributed by atoms with Crippen LogP contribution in [0.5, 0.6) is 0 Å². The van der Waals surface area contributed by atoms with E-state index in [1.54, 1.807) is 0 Å². The molecule has 7 nitrogen and oxygen atoms in total. The molecule has 0 radical (unpaired) electrons. The summed E-state index contributed by atoms with van der Waals surface area (Å²) in [5, 5.41) is 4.76. The summed E-state index contributed by atoms with van der Waals surface area (Å²) in [5.74, 6) is -0.600. The van der Waals surface area contributed by atoms with E-state index in [1.807, 2.05) is 24.3 Å². The third-order valence-electron chi connectivity index (χ3n) is 4.97. The smallest absolute Gasteiger partial charge is 0.296 e. The Hall–Kier alpha value is -2.64. The topological polar surface area (TPSA) is 96.3 Å². The summed E-state index contributed by atoms with van der Waals surface area (Å²) in [6.45, 7) is -0.123. The highest BCUT2D eigenvalue weighted by Gasteiger charge is 2.30. The Labute approximate surface area is 204 Å². The van der Waals surface area contributed by atoms with E-state index < -0.39 is 28.4 Å². The Balaban J connectivity index is 1.69. The zero-order valence-electron chi connectivity index (χ0n) is 17.3. The highest BCUT2D eigenvalue weighted by atomic mass is 79.9. The van der Waals surface area contributed by atoms with Gasteiger partial charge in [0.25, 0.3) is 10.0 Å². The highest BCUT2D eigenvalue weighted by molar-refractivity contribution is 9.10. The largest absolute Gasteiger partial charge is 0.439 e. The third-order valence-corrected chi connectivity index (χ3v) is 9.16. The van der Waals surface area contributed by atoms with Crippen LogP contribution in [-0.4, -0.2) is 31.3 Å². The molecule has 0 amide bonds. The van der Waals surface area contributed by atoms with Gasteiger partial charge in [0.05, 0.1) is 9.37 Å². The molecule has 0 aliphatic rings. The molecule has 0 aliphatic heterocycles. The van der Waals surface area contributed by atoms with Crippen LogP contribution in [0.3, 0.4) is 0 Å². The van der Waals surface area contributed by atoms with Crippen LogP contribution in [0.25, 0.3) is 21.5 Å². The van der Waals surface area contributed by atoms with Crippen LogP contribution in [0.4, 0.5) is 18.2 Å². The molecule has 2 aromatic carbocycles. The van der Waals surface area contributed by atoms with E-state index in [4.69, 9.17) is 0 Å². The molecule has 0 spiro atoms. The number of H-pyrrole nitrogens is 1. The summed E-state index contributed by atoms with van der Waals surface area (Å²) in [6, 6.07) is 12.9. The van der Waals surface area contributed by atoms with Gasteiger partial charge in [-0.1, -0.05) is 23.4 Å². The lowest BCUT2D eigenvalue weighted by molar-refractivity contribution is -0.135. The number of rotatable bonds is 8. The number of thiophene rings is 1. The molecule has 4 aromatic rings. The number of fused-ring (bicyclic) bond motifs is 1. The highest BCUT2D eigenvalue weighted by Crippen LogP contribution is 2.44. The van der Waals surface area contributed by atoms with Crippen LogP contribution < -0.4 is 10.1 Å². The monoisotopic (exact) mass is 575 g/mol. The molecule has 4 rings (SSSR count). The van der Waals surface area contributed by atoms with Gasteiger partial charge in [0.2, 0.25) is 0 Å². The zero-order chi connectivity index (χ0) is 24.5. The van der Waals surface area contributed by atoms with Crippen molar-refractivity contribution in [3.63, 3.8) is 0 Å². The van der Waals surface area contributed by atoms with E-state index in [-0.39, 0.29) is 30.1 Å². The van der Waals surface area contributed by atoms with Gasteiger partial charge in [-0.05, 0) is 59.1 Å². The fourth-order valence-corrected chi connectivity index (χ4v) is 7.24. The van der Waals surface area contributed by atoms with E-state index in [2.05, 4.69) is 30.6 Å². The van der Waals surface area contributed by atoms with Crippen molar-refractivity contribution in [1.82, 2.24) is 10.1 Å². The van der Waals surface area contributed by atoms with Crippen LogP contribution in [0.15, 0.2) is 67.2 Å². The average Bonchev–Trinajstić information content (AvgIpc) is 3.36. The van der Waals surface area contributed by atoms with Crippen molar-refractivity contribution < 1.29 is 26.1 Å². The van der Waals surface area contributed by atoms with Gasteiger partial charge in [-0.15, -0.1) is 11.3 Å². The third kappa shape index (κ3) is 5.20. The van der Waals surface area contributed by atoms with Crippen LogP contribution in [0, 0.1) is 0 Å². The molecule has 2 heterocycles. The molecule has 1 N–H and O–H groups in total. The molecule has 0 aliphatic carbocycles. The second-order valence-corrected chi connectivity index (χ2v) is 11.0. The van der Waals surface area contributed by atoms with Crippen molar-refractivity contribution in [1.29, 1.82) is 0 Å². The Bertz CT molecular complexity index is 1460. The Morgan fingerprint density at radius 3 is 2.41 bits per heavy atom. The molecule has 0 fully saturated rings. The van der Waals surface area contributed by atoms with Gasteiger partial charge in [0.1, 0.15) is 5.00 Å². The summed E-state index contributed by atoms with van der Waals surface area (Å²) >= 11 is 4.71. The molecule has 13 heteroatoms. The summed E-state index contributed by atoms with van der Waals surface area (Å²) in [5.41, 5.74) is 0.435. The first kappa shape index (κ1) is 24.5. The number of hydrogen-bond donors (Lipinski definition) is 1. The van der Waals surface area contributed by atoms with Crippen molar-refractivity contribution in [3.05, 3.63) is 63.6 Å². The van der Waals surface area contributed by atoms with Crippen LogP contribution in [-0.2, 0) is 10.0 Å². The molecular formula is C21H17BrF3N3O4S2. The Kier molecular flexibility index (Phi) is 6.87. The molecule has 34 heavy (non-hydrogen) atoms. The summed E-state index contributed by atoms with van der Waals surface area (Å²) in [6.07, 6.45) is -5.47. The molecule has 0 saturated heterocycles. The maximum Gasteiger partial charge on any atom is 0.439 e. The van der Waals surface area contributed by atoms with Crippen molar-refractivity contribution in [2.24, 2.45) is 0 Å². The Morgan fingerprint density at radius 1 is 1.09 bits per heavy atom. The average molecular weight is 576 g/mol. The van der Waals surface area contributed by atoms with Crippen LogP contribution in [0.1, 0.15) is 19.3 Å². The van der Waals surface area contributed by atoms with Crippen molar-refractivity contribution in [2.45, 2.75) is 30.3 Å². The van der Waals surface area contributed by atoms with Crippen LogP contribution >= 0.6 is 27.3 Å². The zero-order valence-corrected chi connectivity index (χ0v) is 20.5. The molecular weight excluding hydrogens is 559 g/mol. The molecule has 2 aromatic heterocycles. The maximum absolute atomic E-state index is 13.6. The number of halogens is 4. The van der Waals surface area contributed by atoms with Gasteiger partial charge in [-0.2, -0.15) is 13.2 Å². The van der Waals surface area contributed by atoms with Crippen molar-refractivity contribution in [2.75, 3.05) is 10.8 Å². The molecule has 0 atom stereocenters. The van der Waals surface area contributed by atoms with Gasteiger partial charge in [-0.3, -0.25) is 13.8 Å². The first-order chi connectivity index (χ1) is 16.1. The predicted molar refractivity (Wildman–Crippen MR) is 127 cm³/mol. The molecule has 180 valence electrons. The lowest BCUT2D eigenvalue weighted by atomic mass is 10.2.